The minimum absolute atomic E-state index is 0. The van der Waals surface area contributed by atoms with Crippen molar-refractivity contribution in [2.45, 2.75) is 24.2 Å². The Morgan fingerprint density at radius 1 is 1.29 bits per heavy atom. The Morgan fingerprint density at radius 2 is 1.71 bits per heavy atom. The van der Waals surface area contributed by atoms with Crippen molar-refractivity contribution in [3.63, 3.8) is 0 Å². The molecule has 0 saturated carbocycles. The predicted molar refractivity (Wildman–Crippen MR) is 32.7 cm³/mol. The summed E-state index contributed by atoms with van der Waals surface area (Å²) in [4.78, 5) is 0. The molecule has 0 fully saturated rings. The van der Waals surface area contributed by atoms with Crippen LogP contribution < -0.4 is 0 Å². The first-order valence-electron chi connectivity index (χ1n) is 2.06. The van der Waals surface area contributed by atoms with Gasteiger partial charge in [0.15, 0.2) is 0 Å². The molecule has 0 aliphatic rings. The minimum Gasteiger partial charge on any atom is -0.412 e. The van der Waals surface area contributed by atoms with E-state index in [1.807, 2.05) is 0 Å². The Hall–Kier alpha value is 0.719. The number of hydrogen-bond acceptors (Lipinski definition) is 0. The number of unbranched alkanes of at least 4 members (excludes halogenated alkanes) is 1. The molecule has 0 bridgehead atoms. The molecule has 3 heteroatoms. The van der Waals surface area contributed by atoms with Crippen LogP contribution in [-0.4, -0.2) is 33.5 Å². The van der Waals surface area contributed by atoms with Crippen molar-refractivity contribution >= 4 is 22.5 Å². The van der Waals surface area contributed by atoms with Gasteiger partial charge in [0.25, 0.3) is 0 Å². The molecule has 0 atom stereocenters. The van der Waals surface area contributed by atoms with Gasteiger partial charge in [-0.1, -0.05) is 0 Å². The standard InChI is InChI=1S/C4H9.2H2O.Sn/c1-3-4-2;;;/h1,3-4H2,2H3;2*1H2;. The molecule has 0 rings (SSSR count). The molecule has 45 valence electrons. The van der Waals surface area contributed by atoms with Gasteiger partial charge < -0.3 is 11.0 Å². The molecule has 2 nitrogen and oxygen atoms in total. The fraction of sp³-hybridized carbons (Fsp3) is 1.00. The van der Waals surface area contributed by atoms with E-state index in [0.717, 1.165) is 0 Å². The molecule has 0 unspecified atom stereocenters. The summed E-state index contributed by atoms with van der Waals surface area (Å²) in [5.41, 5.74) is 0. The largest absolute Gasteiger partial charge is 0.412 e. The van der Waals surface area contributed by atoms with E-state index in [2.05, 4.69) is 6.92 Å². The van der Waals surface area contributed by atoms with Gasteiger partial charge in [0.1, 0.15) is 0 Å². The summed E-state index contributed by atoms with van der Waals surface area (Å²) in [6.07, 6.45) is 2.80. The van der Waals surface area contributed by atoms with Crippen molar-refractivity contribution in [3.05, 3.63) is 0 Å². The molecular weight excluding hydrogens is 199 g/mol. The van der Waals surface area contributed by atoms with Gasteiger partial charge >= 0.3 is 46.7 Å². The predicted octanol–water partition coefficient (Wildman–Crippen LogP) is -0.276. The van der Waals surface area contributed by atoms with Gasteiger partial charge in [-0.15, -0.1) is 0 Å². The van der Waals surface area contributed by atoms with Crippen LogP contribution in [0, 0.1) is 0 Å². The second kappa shape index (κ2) is 15.9. The van der Waals surface area contributed by atoms with Gasteiger partial charge in [-0.2, -0.15) is 0 Å². The smallest absolute Gasteiger partial charge is 0.412 e. The second-order valence-corrected chi connectivity index (χ2v) is 2.53. The summed E-state index contributed by atoms with van der Waals surface area (Å²) in [5, 5.41) is 0. The number of rotatable bonds is 2. The normalized spacial score (nSPS) is 6.00. The molecule has 0 aromatic heterocycles. The monoisotopic (exact) mass is 213 g/mol. The Balaban J connectivity index is -0.0000000800. The van der Waals surface area contributed by atoms with E-state index in [0.29, 0.717) is 0 Å². The molecule has 0 heterocycles. The third kappa shape index (κ3) is 20.2. The van der Waals surface area contributed by atoms with Gasteiger partial charge in [-0.05, 0) is 0 Å². The first-order chi connectivity index (χ1) is 2.41. The maximum absolute atomic E-state index is 2.23. The van der Waals surface area contributed by atoms with E-state index in [9.17, 15) is 0 Å². The molecule has 0 aromatic rings. The van der Waals surface area contributed by atoms with E-state index in [1.165, 1.54) is 17.3 Å². The average Bonchev–Trinajstić information content (AvgIpc) is 1.41. The van der Waals surface area contributed by atoms with E-state index in [-0.39, 0.29) is 11.0 Å². The zero-order chi connectivity index (χ0) is 4.12. The maximum Gasteiger partial charge on any atom is -0.412 e. The molecular formula is C4H13O2Sn. The van der Waals surface area contributed by atoms with Crippen molar-refractivity contribution in [2.75, 3.05) is 0 Å². The molecule has 0 aromatic carbocycles. The van der Waals surface area contributed by atoms with E-state index < -0.39 is 0 Å². The molecule has 0 spiro atoms. The summed E-state index contributed by atoms with van der Waals surface area (Å²) in [6, 6.07) is 0. The molecule has 3 radical (unpaired) electrons. The van der Waals surface area contributed by atoms with E-state index in [1.54, 1.807) is 22.5 Å². The summed E-state index contributed by atoms with van der Waals surface area (Å²) in [5.74, 6) is 0. The minimum atomic E-state index is 0. The first kappa shape index (κ1) is 15.6. The van der Waals surface area contributed by atoms with Crippen LogP contribution in [0.15, 0.2) is 0 Å². The zero-order valence-electron chi connectivity index (χ0n) is 4.62. The van der Waals surface area contributed by atoms with Crippen LogP contribution in [0.1, 0.15) is 19.8 Å². The van der Waals surface area contributed by atoms with Crippen LogP contribution in [0.25, 0.3) is 0 Å². The van der Waals surface area contributed by atoms with Crippen molar-refractivity contribution < 1.29 is 11.0 Å². The Kier molecular flexibility index (Phi) is 35.5. The van der Waals surface area contributed by atoms with Crippen LogP contribution in [0.4, 0.5) is 0 Å². The first-order valence-corrected chi connectivity index (χ1v) is 4.08. The van der Waals surface area contributed by atoms with Crippen molar-refractivity contribution in [2.24, 2.45) is 0 Å². The molecule has 0 saturated heterocycles. The average molecular weight is 212 g/mol. The summed E-state index contributed by atoms with van der Waals surface area (Å²) in [7, 11) is 0. The van der Waals surface area contributed by atoms with Crippen molar-refractivity contribution in [1.29, 1.82) is 0 Å². The van der Waals surface area contributed by atoms with Crippen molar-refractivity contribution in [3.8, 4) is 0 Å². The van der Waals surface area contributed by atoms with Gasteiger partial charge in [-0.3, -0.25) is 0 Å². The zero-order valence-corrected chi connectivity index (χ0v) is 7.48. The Morgan fingerprint density at radius 3 is 1.71 bits per heavy atom. The van der Waals surface area contributed by atoms with Gasteiger partial charge in [0, 0.05) is 0 Å². The summed E-state index contributed by atoms with van der Waals surface area (Å²) >= 11 is 1.68. The van der Waals surface area contributed by atoms with Crippen LogP contribution >= 0.6 is 0 Å². The van der Waals surface area contributed by atoms with Gasteiger partial charge in [0.2, 0.25) is 0 Å². The van der Waals surface area contributed by atoms with E-state index in [4.69, 9.17) is 0 Å². The molecule has 0 amide bonds. The second-order valence-electron chi connectivity index (χ2n) is 1.10. The summed E-state index contributed by atoms with van der Waals surface area (Å²) in [6.45, 7) is 2.23. The summed E-state index contributed by atoms with van der Waals surface area (Å²) < 4.78 is 1.43. The SMILES string of the molecule is CCC[CH2][Sn].O.O. The fourth-order valence-corrected chi connectivity index (χ4v) is 1.19. The Bertz CT molecular complexity index is 17.2. The van der Waals surface area contributed by atoms with Crippen molar-refractivity contribution in [1.82, 2.24) is 0 Å². The maximum atomic E-state index is 2.23. The third-order valence-corrected chi connectivity index (χ3v) is 1.54. The number of hydrogen-bond donors (Lipinski definition) is 0. The molecule has 4 N–H and O–H groups in total. The van der Waals surface area contributed by atoms with E-state index >= 15 is 0 Å². The van der Waals surface area contributed by atoms with Crippen LogP contribution in [0.3, 0.4) is 0 Å². The van der Waals surface area contributed by atoms with Crippen LogP contribution in [0.5, 0.6) is 0 Å². The van der Waals surface area contributed by atoms with Crippen LogP contribution in [-0.2, 0) is 0 Å². The fourth-order valence-electron chi connectivity index (χ4n) is 0.177. The van der Waals surface area contributed by atoms with Crippen LogP contribution in [0.2, 0.25) is 4.44 Å². The topological polar surface area (TPSA) is 63.0 Å². The van der Waals surface area contributed by atoms with Gasteiger partial charge in [0.05, 0.1) is 0 Å². The third-order valence-electron chi connectivity index (χ3n) is 0.530. The molecule has 0 aliphatic heterocycles. The quantitative estimate of drug-likeness (QED) is 0.565. The molecule has 7 heavy (non-hydrogen) atoms. The molecule has 0 aliphatic carbocycles. The Labute approximate surface area is 58.0 Å². The van der Waals surface area contributed by atoms with Gasteiger partial charge in [-0.25, -0.2) is 0 Å².